The molecule has 0 radical (unpaired) electrons. The molecule has 25 heavy (non-hydrogen) atoms. The van der Waals surface area contributed by atoms with Crippen LogP contribution in [0.25, 0.3) is 11.1 Å². The fourth-order valence-electron chi connectivity index (χ4n) is 2.51. The Morgan fingerprint density at radius 1 is 0.960 bits per heavy atom. The van der Waals surface area contributed by atoms with Gasteiger partial charge in [-0.2, -0.15) is 4.80 Å². The molecule has 2 aromatic carbocycles. The summed E-state index contributed by atoms with van der Waals surface area (Å²) >= 11 is 0. The Hall–Kier alpha value is -2.93. The zero-order valence-corrected chi connectivity index (χ0v) is 13.5. The second-order valence-electron chi connectivity index (χ2n) is 5.33. The summed E-state index contributed by atoms with van der Waals surface area (Å²) in [5, 5.41) is 22.1. The Bertz CT molecular complexity index is 839. The highest BCUT2D eigenvalue weighted by Crippen LogP contribution is 2.31. The topological polar surface area (TPSA) is 63.8 Å². The molecule has 3 aromatic rings. The van der Waals surface area contributed by atoms with Crippen molar-refractivity contribution < 1.29 is 13.9 Å². The molecule has 0 saturated carbocycles. The van der Waals surface area contributed by atoms with E-state index in [-0.39, 0.29) is 24.1 Å². The number of aromatic nitrogens is 4. The van der Waals surface area contributed by atoms with Crippen LogP contribution in [0.4, 0.5) is 8.78 Å². The standard InChI is InChI=1S/C18H16F2N4O/c1-2-24-22-18(21-23-24)16(11-25)17(12-3-7-14(19)8-4-12)13-5-9-15(20)10-6-13/h3-10,25H,2,11H2,1H3. The van der Waals surface area contributed by atoms with Gasteiger partial charge < -0.3 is 5.11 Å². The largest absolute Gasteiger partial charge is 0.392 e. The lowest BCUT2D eigenvalue weighted by molar-refractivity contribution is 0.349. The van der Waals surface area contributed by atoms with Crippen LogP contribution in [-0.4, -0.2) is 31.9 Å². The molecule has 0 atom stereocenters. The Kier molecular flexibility index (Phi) is 4.95. The van der Waals surface area contributed by atoms with Crippen molar-refractivity contribution >= 4 is 11.1 Å². The van der Waals surface area contributed by atoms with Crippen LogP contribution in [0.2, 0.25) is 0 Å². The van der Waals surface area contributed by atoms with Crippen LogP contribution < -0.4 is 0 Å². The Morgan fingerprint density at radius 2 is 1.48 bits per heavy atom. The molecule has 1 aromatic heterocycles. The quantitative estimate of drug-likeness (QED) is 0.774. The third-order valence-corrected chi connectivity index (χ3v) is 3.73. The van der Waals surface area contributed by atoms with E-state index >= 15 is 0 Å². The van der Waals surface area contributed by atoms with Gasteiger partial charge in [-0.15, -0.1) is 10.2 Å². The number of hydrogen-bond acceptors (Lipinski definition) is 4. The molecule has 0 spiro atoms. The van der Waals surface area contributed by atoms with Crippen LogP contribution in [0.5, 0.6) is 0 Å². The van der Waals surface area contributed by atoms with E-state index < -0.39 is 0 Å². The summed E-state index contributed by atoms with van der Waals surface area (Å²) in [4.78, 5) is 1.40. The van der Waals surface area contributed by atoms with Crippen molar-refractivity contribution in [3.8, 4) is 0 Å². The normalized spacial score (nSPS) is 10.7. The van der Waals surface area contributed by atoms with Gasteiger partial charge in [-0.1, -0.05) is 24.3 Å². The van der Waals surface area contributed by atoms with E-state index in [2.05, 4.69) is 15.4 Å². The van der Waals surface area contributed by atoms with Crippen LogP contribution >= 0.6 is 0 Å². The Balaban J connectivity index is 2.23. The molecule has 0 amide bonds. The van der Waals surface area contributed by atoms with Gasteiger partial charge in [0.25, 0.3) is 0 Å². The van der Waals surface area contributed by atoms with Crippen molar-refractivity contribution in [2.75, 3.05) is 6.61 Å². The predicted octanol–water partition coefficient (Wildman–Crippen LogP) is 2.92. The summed E-state index contributed by atoms with van der Waals surface area (Å²) in [6, 6.07) is 11.7. The third kappa shape index (κ3) is 3.61. The van der Waals surface area contributed by atoms with E-state index in [9.17, 15) is 13.9 Å². The number of benzene rings is 2. The van der Waals surface area contributed by atoms with Crippen molar-refractivity contribution in [1.82, 2.24) is 20.2 Å². The van der Waals surface area contributed by atoms with Crippen LogP contribution in [0.15, 0.2) is 48.5 Å². The maximum Gasteiger partial charge on any atom is 0.203 e. The first-order valence-corrected chi connectivity index (χ1v) is 7.76. The SMILES string of the molecule is CCn1nnc(C(CO)=C(c2ccc(F)cc2)c2ccc(F)cc2)n1. The summed E-state index contributed by atoms with van der Waals surface area (Å²) < 4.78 is 26.6. The van der Waals surface area contributed by atoms with Crippen LogP contribution in [0, 0.1) is 11.6 Å². The second kappa shape index (κ2) is 7.31. The van der Waals surface area contributed by atoms with Crippen molar-refractivity contribution in [3.63, 3.8) is 0 Å². The highest BCUT2D eigenvalue weighted by molar-refractivity contribution is 5.97. The number of tetrazole rings is 1. The van der Waals surface area contributed by atoms with Crippen molar-refractivity contribution in [1.29, 1.82) is 0 Å². The van der Waals surface area contributed by atoms with E-state index in [1.165, 1.54) is 29.1 Å². The summed E-state index contributed by atoms with van der Waals surface area (Å²) in [7, 11) is 0. The van der Waals surface area contributed by atoms with Gasteiger partial charge in [0.2, 0.25) is 5.82 Å². The molecule has 0 fully saturated rings. The zero-order chi connectivity index (χ0) is 17.8. The molecule has 0 saturated heterocycles. The number of rotatable bonds is 5. The van der Waals surface area contributed by atoms with Crippen molar-refractivity contribution in [2.24, 2.45) is 0 Å². The molecule has 0 aliphatic carbocycles. The van der Waals surface area contributed by atoms with E-state index in [0.717, 1.165) is 0 Å². The van der Waals surface area contributed by atoms with Gasteiger partial charge in [-0.25, -0.2) is 8.78 Å². The molecule has 0 unspecified atom stereocenters. The molecule has 3 rings (SSSR count). The fraction of sp³-hybridized carbons (Fsp3) is 0.167. The minimum atomic E-state index is -0.372. The molecule has 1 N–H and O–H groups in total. The number of aliphatic hydroxyl groups is 1. The summed E-state index contributed by atoms with van der Waals surface area (Å²) in [5.74, 6) is -0.474. The van der Waals surface area contributed by atoms with Gasteiger partial charge in [-0.05, 0) is 53.1 Å². The highest BCUT2D eigenvalue weighted by atomic mass is 19.1. The lowest BCUT2D eigenvalue weighted by Crippen LogP contribution is -2.03. The number of hydrogen-bond donors (Lipinski definition) is 1. The number of aryl methyl sites for hydroxylation is 1. The smallest absolute Gasteiger partial charge is 0.203 e. The fourth-order valence-corrected chi connectivity index (χ4v) is 2.51. The van der Waals surface area contributed by atoms with Gasteiger partial charge in [0, 0.05) is 5.57 Å². The van der Waals surface area contributed by atoms with E-state index in [4.69, 9.17) is 0 Å². The lowest BCUT2D eigenvalue weighted by Gasteiger charge is -2.13. The number of halogens is 2. The Morgan fingerprint density at radius 3 is 1.88 bits per heavy atom. The minimum absolute atomic E-state index is 0.271. The maximum atomic E-state index is 13.3. The van der Waals surface area contributed by atoms with Crippen LogP contribution in [0.3, 0.4) is 0 Å². The first kappa shape index (κ1) is 16.9. The minimum Gasteiger partial charge on any atom is -0.392 e. The Labute approximate surface area is 143 Å². The molecule has 0 aliphatic rings. The molecule has 1 heterocycles. The first-order chi connectivity index (χ1) is 12.1. The number of aliphatic hydroxyl groups excluding tert-OH is 1. The monoisotopic (exact) mass is 342 g/mol. The summed E-state index contributed by atoms with van der Waals surface area (Å²) in [6.07, 6.45) is 0. The van der Waals surface area contributed by atoms with E-state index in [0.29, 0.717) is 28.8 Å². The average molecular weight is 342 g/mol. The summed E-state index contributed by atoms with van der Waals surface area (Å²) in [5.41, 5.74) is 2.34. The molecule has 0 bridgehead atoms. The van der Waals surface area contributed by atoms with Gasteiger partial charge in [0.1, 0.15) is 11.6 Å². The van der Waals surface area contributed by atoms with Gasteiger partial charge >= 0.3 is 0 Å². The van der Waals surface area contributed by atoms with Crippen LogP contribution in [0.1, 0.15) is 23.9 Å². The molecular formula is C18H16F2N4O. The van der Waals surface area contributed by atoms with Gasteiger partial charge in [0.15, 0.2) is 0 Å². The molecule has 128 valence electrons. The maximum absolute atomic E-state index is 13.3. The van der Waals surface area contributed by atoms with Gasteiger partial charge in [-0.3, -0.25) is 0 Å². The molecular weight excluding hydrogens is 326 g/mol. The first-order valence-electron chi connectivity index (χ1n) is 7.76. The molecule has 7 heteroatoms. The van der Waals surface area contributed by atoms with Crippen LogP contribution in [-0.2, 0) is 6.54 Å². The zero-order valence-electron chi connectivity index (χ0n) is 13.5. The summed E-state index contributed by atoms with van der Waals surface area (Å²) in [6.45, 7) is 2.06. The van der Waals surface area contributed by atoms with E-state index in [1.807, 2.05) is 6.92 Å². The average Bonchev–Trinajstić information content (AvgIpc) is 3.10. The van der Waals surface area contributed by atoms with Crippen molar-refractivity contribution in [3.05, 3.63) is 77.1 Å². The third-order valence-electron chi connectivity index (χ3n) is 3.73. The van der Waals surface area contributed by atoms with Crippen molar-refractivity contribution in [2.45, 2.75) is 13.5 Å². The molecule has 5 nitrogen and oxygen atoms in total. The second-order valence-corrected chi connectivity index (χ2v) is 5.33. The number of nitrogens with zero attached hydrogens (tertiary/aromatic N) is 4. The molecule has 0 aliphatic heterocycles. The van der Waals surface area contributed by atoms with Gasteiger partial charge in [0.05, 0.1) is 13.2 Å². The predicted molar refractivity (Wildman–Crippen MR) is 89.3 cm³/mol. The lowest BCUT2D eigenvalue weighted by atomic mass is 9.93. The highest BCUT2D eigenvalue weighted by Gasteiger charge is 2.17. The van der Waals surface area contributed by atoms with E-state index in [1.54, 1.807) is 24.3 Å².